The van der Waals surface area contributed by atoms with Gasteiger partial charge in [0.25, 0.3) is 5.69 Å². The molecule has 0 bridgehead atoms. The summed E-state index contributed by atoms with van der Waals surface area (Å²) in [6.07, 6.45) is 6.77. The van der Waals surface area contributed by atoms with Crippen LogP contribution in [0.15, 0.2) is 24.9 Å². The van der Waals surface area contributed by atoms with Crippen LogP contribution in [0.4, 0.5) is 5.69 Å². The first-order chi connectivity index (χ1) is 8.56. The van der Waals surface area contributed by atoms with Gasteiger partial charge in [-0.25, -0.2) is 4.79 Å². The molecule has 0 spiro atoms. The fraction of sp³-hybridized carbons (Fsp3) is 0.417. The molecule has 0 aliphatic carbocycles. The van der Waals surface area contributed by atoms with E-state index in [0.717, 1.165) is 31.7 Å². The van der Waals surface area contributed by atoms with Gasteiger partial charge in [-0.3, -0.25) is 10.1 Å². The van der Waals surface area contributed by atoms with Crippen LogP contribution in [0.1, 0.15) is 36.2 Å². The number of allylic oxidation sites excluding steroid dienone is 1. The minimum atomic E-state index is -1.14. The molecule has 0 atom stereocenters. The number of nitro groups is 1. The van der Waals surface area contributed by atoms with Gasteiger partial charge in [0.05, 0.1) is 11.1 Å². The van der Waals surface area contributed by atoms with Crippen LogP contribution in [-0.4, -0.2) is 20.6 Å². The molecule has 0 saturated heterocycles. The molecule has 18 heavy (non-hydrogen) atoms. The van der Waals surface area contributed by atoms with Crippen LogP contribution < -0.4 is 0 Å². The topological polar surface area (TPSA) is 85.4 Å². The Labute approximate surface area is 105 Å². The highest BCUT2D eigenvalue weighted by Gasteiger charge is 2.18. The van der Waals surface area contributed by atoms with Gasteiger partial charge in [0.2, 0.25) is 0 Å². The summed E-state index contributed by atoms with van der Waals surface area (Å²) in [6.45, 7) is 4.10. The van der Waals surface area contributed by atoms with E-state index in [9.17, 15) is 14.9 Å². The number of carboxylic acids is 1. The van der Waals surface area contributed by atoms with Gasteiger partial charge in [-0.1, -0.05) is 12.5 Å². The molecule has 0 amide bonds. The second-order valence-electron chi connectivity index (χ2n) is 3.98. The first-order valence-corrected chi connectivity index (χ1v) is 5.75. The van der Waals surface area contributed by atoms with Crippen molar-refractivity contribution in [1.82, 2.24) is 4.57 Å². The van der Waals surface area contributed by atoms with Gasteiger partial charge in [-0.05, 0) is 19.3 Å². The van der Waals surface area contributed by atoms with Crippen molar-refractivity contribution < 1.29 is 14.8 Å². The highest BCUT2D eigenvalue weighted by molar-refractivity contribution is 5.86. The smallest absolute Gasteiger partial charge is 0.352 e. The van der Waals surface area contributed by atoms with E-state index in [0.29, 0.717) is 6.54 Å². The zero-order valence-electron chi connectivity index (χ0n) is 10.0. The maximum atomic E-state index is 10.9. The van der Waals surface area contributed by atoms with Gasteiger partial charge in [0.15, 0.2) is 0 Å². The molecule has 0 aliphatic rings. The van der Waals surface area contributed by atoms with Gasteiger partial charge in [-0.2, -0.15) is 0 Å². The zero-order valence-corrected chi connectivity index (χ0v) is 10.0. The number of aromatic nitrogens is 1. The van der Waals surface area contributed by atoms with Gasteiger partial charge in [0, 0.05) is 12.6 Å². The molecule has 0 fully saturated rings. The van der Waals surface area contributed by atoms with Crippen molar-refractivity contribution >= 4 is 11.7 Å². The fourth-order valence-electron chi connectivity index (χ4n) is 1.71. The first-order valence-electron chi connectivity index (χ1n) is 5.75. The Bertz CT molecular complexity index is 451. The lowest BCUT2D eigenvalue weighted by Crippen LogP contribution is -2.07. The van der Waals surface area contributed by atoms with Gasteiger partial charge >= 0.3 is 5.97 Å². The minimum absolute atomic E-state index is 0.0366. The predicted molar refractivity (Wildman–Crippen MR) is 66.7 cm³/mol. The Morgan fingerprint density at radius 1 is 1.50 bits per heavy atom. The molecule has 0 saturated carbocycles. The third-order valence-electron chi connectivity index (χ3n) is 2.62. The predicted octanol–water partition coefficient (Wildman–Crippen LogP) is 2.84. The third kappa shape index (κ3) is 3.73. The summed E-state index contributed by atoms with van der Waals surface area (Å²) >= 11 is 0. The van der Waals surface area contributed by atoms with Crippen molar-refractivity contribution in [3.05, 3.63) is 40.7 Å². The Balaban J connectivity index is 2.65. The molecule has 0 aromatic carbocycles. The van der Waals surface area contributed by atoms with Crippen molar-refractivity contribution in [3.63, 3.8) is 0 Å². The van der Waals surface area contributed by atoms with Crippen molar-refractivity contribution in [3.8, 4) is 0 Å². The van der Waals surface area contributed by atoms with Crippen LogP contribution in [0, 0.1) is 10.1 Å². The number of hydrogen-bond donors (Lipinski definition) is 1. The van der Waals surface area contributed by atoms with E-state index in [1.54, 1.807) is 0 Å². The molecular weight excluding hydrogens is 236 g/mol. The first kappa shape index (κ1) is 14.0. The van der Waals surface area contributed by atoms with Gasteiger partial charge < -0.3 is 9.67 Å². The van der Waals surface area contributed by atoms with Crippen LogP contribution in [0.5, 0.6) is 0 Å². The molecule has 0 aliphatic heterocycles. The number of aromatic carboxylic acids is 1. The van der Waals surface area contributed by atoms with E-state index in [-0.39, 0.29) is 11.4 Å². The standard InChI is InChI=1S/C12H16N2O4/c1-2-3-4-5-6-7-13-9-10(14(17)18)8-11(13)12(15)16/h2,8-9H,1,3-7H2,(H,15,16). The summed E-state index contributed by atoms with van der Waals surface area (Å²) in [5.41, 5.74) is -0.219. The maximum absolute atomic E-state index is 10.9. The molecule has 1 aromatic heterocycles. The summed E-state index contributed by atoms with van der Waals surface area (Å²) in [4.78, 5) is 20.9. The number of carboxylic acid groups (broad SMARTS) is 1. The van der Waals surface area contributed by atoms with Crippen molar-refractivity contribution in [1.29, 1.82) is 0 Å². The summed E-state index contributed by atoms with van der Waals surface area (Å²) in [7, 11) is 0. The van der Waals surface area contributed by atoms with Gasteiger partial charge in [0.1, 0.15) is 5.69 Å². The number of unbranched alkanes of at least 4 members (excludes halogenated alkanes) is 3. The van der Waals surface area contributed by atoms with E-state index in [1.165, 1.54) is 10.8 Å². The SMILES string of the molecule is C=CCCCCCn1cc([N+](=O)[O-])cc1C(=O)O. The summed E-state index contributed by atoms with van der Waals surface area (Å²) in [5, 5.41) is 19.5. The molecule has 1 N–H and O–H groups in total. The molecule has 1 rings (SSSR count). The van der Waals surface area contributed by atoms with Gasteiger partial charge in [-0.15, -0.1) is 6.58 Å². The lowest BCUT2D eigenvalue weighted by atomic mass is 10.2. The van der Waals surface area contributed by atoms with E-state index in [2.05, 4.69) is 6.58 Å². The van der Waals surface area contributed by atoms with E-state index >= 15 is 0 Å². The third-order valence-corrected chi connectivity index (χ3v) is 2.62. The van der Waals surface area contributed by atoms with Crippen molar-refractivity contribution in [2.75, 3.05) is 0 Å². The minimum Gasteiger partial charge on any atom is -0.477 e. The number of rotatable bonds is 8. The molecule has 98 valence electrons. The van der Waals surface area contributed by atoms with E-state index in [1.807, 2.05) is 6.08 Å². The highest BCUT2D eigenvalue weighted by atomic mass is 16.6. The zero-order chi connectivity index (χ0) is 13.5. The second-order valence-corrected chi connectivity index (χ2v) is 3.98. The van der Waals surface area contributed by atoms with E-state index < -0.39 is 10.9 Å². The average Bonchev–Trinajstić information content (AvgIpc) is 2.73. The second kappa shape index (κ2) is 6.58. The van der Waals surface area contributed by atoms with Crippen LogP contribution in [0.2, 0.25) is 0 Å². The number of nitrogens with zero attached hydrogens (tertiary/aromatic N) is 2. The lowest BCUT2D eigenvalue weighted by molar-refractivity contribution is -0.384. The molecular formula is C12H16N2O4. The molecule has 6 nitrogen and oxygen atoms in total. The number of aryl methyl sites for hydroxylation is 1. The lowest BCUT2D eigenvalue weighted by Gasteiger charge is -2.04. The quantitative estimate of drug-likeness (QED) is 0.333. The molecule has 1 aromatic rings. The van der Waals surface area contributed by atoms with Crippen LogP contribution in [0.3, 0.4) is 0 Å². The Morgan fingerprint density at radius 3 is 2.78 bits per heavy atom. The summed E-state index contributed by atoms with van der Waals surface area (Å²) in [6, 6.07) is 1.09. The number of hydrogen-bond acceptors (Lipinski definition) is 3. The summed E-state index contributed by atoms with van der Waals surface area (Å²) in [5.74, 6) is -1.14. The Morgan fingerprint density at radius 2 is 2.22 bits per heavy atom. The number of carbonyl (C=O) groups is 1. The summed E-state index contributed by atoms with van der Waals surface area (Å²) < 4.78 is 1.42. The largest absolute Gasteiger partial charge is 0.477 e. The Hall–Kier alpha value is -2.11. The monoisotopic (exact) mass is 252 g/mol. The Kier molecular flexibility index (Phi) is 5.10. The van der Waals surface area contributed by atoms with Crippen molar-refractivity contribution in [2.24, 2.45) is 0 Å². The molecule has 1 heterocycles. The average molecular weight is 252 g/mol. The highest BCUT2D eigenvalue weighted by Crippen LogP contribution is 2.17. The van der Waals surface area contributed by atoms with Crippen LogP contribution in [0.25, 0.3) is 0 Å². The van der Waals surface area contributed by atoms with Crippen LogP contribution >= 0.6 is 0 Å². The fourth-order valence-corrected chi connectivity index (χ4v) is 1.71. The molecule has 0 unspecified atom stereocenters. The maximum Gasteiger partial charge on any atom is 0.352 e. The normalized spacial score (nSPS) is 10.2. The molecule has 0 radical (unpaired) electrons. The van der Waals surface area contributed by atoms with E-state index in [4.69, 9.17) is 5.11 Å². The van der Waals surface area contributed by atoms with Crippen molar-refractivity contribution in [2.45, 2.75) is 32.2 Å². The van der Waals surface area contributed by atoms with Crippen LogP contribution in [-0.2, 0) is 6.54 Å². The molecule has 6 heteroatoms.